The molecule has 0 saturated carbocycles. The predicted octanol–water partition coefficient (Wildman–Crippen LogP) is 2.66. The summed E-state index contributed by atoms with van der Waals surface area (Å²) in [5.41, 5.74) is 1.69. The van der Waals surface area contributed by atoms with Crippen LogP contribution in [0.15, 0.2) is 30.4 Å². The molecule has 0 atom stereocenters. The van der Waals surface area contributed by atoms with E-state index in [1.54, 1.807) is 13.0 Å². The van der Waals surface area contributed by atoms with Crippen LogP contribution in [0.25, 0.3) is 0 Å². The van der Waals surface area contributed by atoms with Gasteiger partial charge in [-0.25, -0.2) is 4.79 Å². The normalized spacial score (nSPS) is 10.4. The number of anilines is 1. The number of halogens is 1. The van der Waals surface area contributed by atoms with Crippen molar-refractivity contribution in [3.63, 3.8) is 0 Å². The topological polar surface area (TPSA) is 55.4 Å². The third kappa shape index (κ3) is 4.87. The maximum atomic E-state index is 11.5. The first-order valence-corrected chi connectivity index (χ1v) is 6.46. The zero-order valence-corrected chi connectivity index (χ0v) is 12.4. The molecule has 0 aliphatic heterocycles. The van der Waals surface area contributed by atoms with Crippen molar-refractivity contribution in [3.8, 4) is 0 Å². The Morgan fingerprint density at radius 2 is 2.17 bits per heavy atom. The van der Waals surface area contributed by atoms with Crippen molar-refractivity contribution in [2.24, 2.45) is 0 Å². The summed E-state index contributed by atoms with van der Waals surface area (Å²) in [6.07, 6.45) is 2.83. The minimum Gasteiger partial charge on any atom is -0.452 e. The number of rotatable bonds is 4. The number of carbonyl (C=O) groups excluding carboxylic acids is 2. The van der Waals surface area contributed by atoms with Gasteiger partial charge < -0.3 is 10.1 Å². The van der Waals surface area contributed by atoms with Crippen LogP contribution in [0.2, 0.25) is 0 Å². The Morgan fingerprint density at radius 3 is 2.78 bits per heavy atom. The number of amides is 1. The van der Waals surface area contributed by atoms with Crippen molar-refractivity contribution in [1.29, 1.82) is 0 Å². The first-order valence-electron chi connectivity index (χ1n) is 5.38. The van der Waals surface area contributed by atoms with Crippen molar-refractivity contribution in [3.05, 3.63) is 39.5 Å². The molecular formula is C13H14INO3. The third-order valence-corrected chi connectivity index (χ3v) is 2.78. The highest BCUT2D eigenvalue weighted by atomic mass is 127. The second kappa shape index (κ2) is 7.15. The van der Waals surface area contributed by atoms with E-state index in [1.807, 2.05) is 25.1 Å². The lowest BCUT2D eigenvalue weighted by atomic mass is 10.2. The summed E-state index contributed by atoms with van der Waals surface area (Å²) in [5.74, 6) is -0.871. The van der Waals surface area contributed by atoms with Crippen LogP contribution in [0, 0.1) is 10.5 Å². The van der Waals surface area contributed by atoms with Crippen molar-refractivity contribution in [1.82, 2.24) is 0 Å². The van der Waals surface area contributed by atoms with E-state index < -0.39 is 5.97 Å². The van der Waals surface area contributed by atoms with Gasteiger partial charge in [-0.05, 0) is 60.2 Å². The van der Waals surface area contributed by atoms with E-state index >= 15 is 0 Å². The minimum absolute atomic E-state index is 0.283. The molecule has 4 nitrogen and oxygen atoms in total. The van der Waals surface area contributed by atoms with E-state index in [9.17, 15) is 9.59 Å². The van der Waals surface area contributed by atoms with Gasteiger partial charge in [0.1, 0.15) is 0 Å². The largest absolute Gasteiger partial charge is 0.452 e. The summed E-state index contributed by atoms with van der Waals surface area (Å²) in [7, 11) is 0. The lowest BCUT2D eigenvalue weighted by Crippen LogP contribution is -2.20. The summed E-state index contributed by atoms with van der Waals surface area (Å²) in [6.45, 7) is 3.33. The molecule has 1 rings (SSSR count). The van der Waals surface area contributed by atoms with Crippen molar-refractivity contribution in [2.75, 3.05) is 11.9 Å². The highest BCUT2D eigenvalue weighted by Crippen LogP contribution is 2.17. The Balaban J connectivity index is 2.52. The molecule has 0 aromatic heterocycles. The summed E-state index contributed by atoms with van der Waals surface area (Å²) in [5, 5.41) is 2.69. The standard InChI is InChI=1S/C13H14INO3/c1-3-4-13(17)18-8-12(16)15-11-6-5-10(14)7-9(11)2/h3-7H,8H2,1-2H3,(H,15,16)/b4-3+. The maximum absolute atomic E-state index is 11.5. The minimum atomic E-state index is -0.521. The molecule has 0 spiro atoms. The number of aryl methyl sites for hydroxylation is 1. The fourth-order valence-electron chi connectivity index (χ4n) is 1.27. The molecule has 1 aromatic rings. The first-order chi connectivity index (χ1) is 8.52. The van der Waals surface area contributed by atoms with Gasteiger partial charge >= 0.3 is 5.97 Å². The molecular weight excluding hydrogens is 345 g/mol. The molecule has 5 heteroatoms. The van der Waals surface area contributed by atoms with Gasteiger partial charge in [-0.1, -0.05) is 6.08 Å². The summed E-state index contributed by atoms with van der Waals surface area (Å²) in [6, 6.07) is 5.68. The molecule has 0 unspecified atom stereocenters. The molecule has 0 aliphatic rings. The summed E-state index contributed by atoms with van der Waals surface area (Å²) < 4.78 is 5.84. The smallest absolute Gasteiger partial charge is 0.330 e. The average Bonchev–Trinajstić information content (AvgIpc) is 2.31. The highest BCUT2D eigenvalue weighted by molar-refractivity contribution is 14.1. The monoisotopic (exact) mass is 359 g/mol. The van der Waals surface area contributed by atoms with Gasteiger partial charge in [-0.2, -0.15) is 0 Å². The van der Waals surface area contributed by atoms with E-state index in [1.165, 1.54) is 6.08 Å². The average molecular weight is 359 g/mol. The molecule has 0 fully saturated rings. The Kier molecular flexibility index (Phi) is 5.84. The van der Waals surface area contributed by atoms with Gasteiger partial charge in [0, 0.05) is 15.3 Å². The van der Waals surface area contributed by atoms with Crippen LogP contribution < -0.4 is 5.32 Å². The second-order valence-electron chi connectivity index (χ2n) is 3.62. The van der Waals surface area contributed by atoms with Gasteiger partial charge in [0.15, 0.2) is 6.61 Å². The number of esters is 1. The van der Waals surface area contributed by atoms with Gasteiger partial charge in [0.2, 0.25) is 0 Å². The second-order valence-corrected chi connectivity index (χ2v) is 4.86. The first kappa shape index (κ1) is 14.7. The Morgan fingerprint density at radius 1 is 1.44 bits per heavy atom. The number of allylic oxidation sites excluding steroid dienone is 1. The van der Waals surface area contributed by atoms with Gasteiger partial charge in [0.05, 0.1) is 0 Å². The molecule has 0 heterocycles. The third-order valence-electron chi connectivity index (χ3n) is 2.11. The predicted molar refractivity (Wildman–Crippen MR) is 78.3 cm³/mol. The molecule has 0 radical (unpaired) electrons. The highest BCUT2D eigenvalue weighted by Gasteiger charge is 2.07. The zero-order chi connectivity index (χ0) is 13.5. The van der Waals surface area contributed by atoms with Crippen LogP contribution in [0.3, 0.4) is 0 Å². The van der Waals surface area contributed by atoms with Gasteiger partial charge in [-0.15, -0.1) is 0 Å². The summed E-state index contributed by atoms with van der Waals surface area (Å²) in [4.78, 5) is 22.6. The zero-order valence-electron chi connectivity index (χ0n) is 10.2. The number of hydrogen-bond acceptors (Lipinski definition) is 3. The van der Waals surface area contributed by atoms with Crippen LogP contribution in [-0.2, 0) is 14.3 Å². The van der Waals surface area contributed by atoms with Crippen LogP contribution >= 0.6 is 22.6 Å². The molecule has 18 heavy (non-hydrogen) atoms. The molecule has 0 aliphatic carbocycles. The fourth-order valence-corrected chi connectivity index (χ4v) is 1.92. The fraction of sp³-hybridized carbons (Fsp3) is 0.231. The number of nitrogens with one attached hydrogen (secondary N) is 1. The number of benzene rings is 1. The van der Waals surface area contributed by atoms with Crippen LogP contribution in [0.5, 0.6) is 0 Å². The van der Waals surface area contributed by atoms with E-state index in [2.05, 4.69) is 27.9 Å². The molecule has 0 bridgehead atoms. The number of hydrogen-bond donors (Lipinski definition) is 1. The molecule has 1 N–H and O–H groups in total. The Labute approximate surface area is 120 Å². The summed E-state index contributed by atoms with van der Waals surface area (Å²) >= 11 is 2.20. The van der Waals surface area contributed by atoms with Crippen LogP contribution in [0.4, 0.5) is 5.69 Å². The molecule has 0 saturated heterocycles. The maximum Gasteiger partial charge on any atom is 0.330 e. The SMILES string of the molecule is C/C=C/C(=O)OCC(=O)Nc1ccc(I)cc1C. The van der Waals surface area contributed by atoms with Crippen LogP contribution in [-0.4, -0.2) is 18.5 Å². The van der Waals surface area contributed by atoms with Crippen molar-refractivity contribution >= 4 is 40.2 Å². The number of ether oxygens (including phenoxy) is 1. The lowest BCUT2D eigenvalue weighted by Gasteiger charge is -2.08. The molecule has 96 valence electrons. The van der Waals surface area contributed by atoms with E-state index in [-0.39, 0.29) is 12.5 Å². The van der Waals surface area contributed by atoms with Crippen molar-refractivity contribution in [2.45, 2.75) is 13.8 Å². The molecule has 1 aromatic carbocycles. The van der Waals surface area contributed by atoms with E-state index in [0.717, 1.165) is 14.8 Å². The quantitative estimate of drug-likeness (QED) is 0.511. The van der Waals surface area contributed by atoms with Gasteiger partial charge in [-0.3, -0.25) is 4.79 Å². The van der Waals surface area contributed by atoms with E-state index in [0.29, 0.717) is 0 Å². The van der Waals surface area contributed by atoms with Crippen LogP contribution in [0.1, 0.15) is 12.5 Å². The number of carbonyl (C=O) groups is 2. The van der Waals surface area contributed by atoms with E-state index in [4.69, 9.17) is 4.74 Å². The Hall–Kier alpha value is -1.37. The van der Waals surface area contributed by atoms with Gasteiger partial charge in [0.25, 0.3) is 5.91 Å². The lowest BCUT2D eigenvalue weighted by molar-refractivity contribution is -0.142. The van der Waals surface area contributed by atoms with Crippen molar-refractivity contribution < 1.29 is 14.3 Å². The molecule has 1 amide bonds. The Bertz CT molecular complexity index is 483.